The Bertz CT molecular complexity index is 1020. The Hall–Kier alpha value is -2.63. The number of nitrogens with zero attached hydrogens (tertiary/aromatic N) is 2. The molecule has 146 valence electrons. The van der Waals surface area contributed by atoms with Crippen molar-refractivity contribution in [1.82, 2.24) is 0 Å². The van der Waals surface area contributed by atoms with Crippen LogP contribution in [-0.2, 0) is 11.0 Å². The molecule has 3 nitrogen and oxygen atoms in total. The summed E-state index contributed by atoms with van der Waals surface area (Å²) in [5.74, 6) is 0.0248. The van der Waals surface area contributed by atoms with E-state index < -0.39 is 17.3 Å². The normalized spacial score (nSPS) is 22.0. The third kappa shape index (κ3) is 2.82. The maximum atomic E-state index is 13.3. The summed E-state index contributed by atoms with van der Waals surface area (Å²) in [6.07, 6.45) is -3.64. The largest absolute Gasteiger partial charge is 0.416 e. The van der Waals surface area contributed by atoms with Crippen molar-refractivity contribution in [2.45, 2.75) is 51.7 Å². The number of halogens is 3. The predicted molar refractivity (Wildman–Crippen MR) is 103 cm³/mol. The van der Waals surface area contributed by atoms with Crippen LogP contribution in [0.1, 0.15) is 55.4 Å². The van der Waals surface area contributed by atoms with E-state index >= 15 is 0 Å². The second-order valence-corrected chi connectivity index (χ2v) is 8.32. The van der Waals surface area contributed by atoms with Gasteiger partial charge in [-0.05, 0) is 62.9 Å². The van der Waals surface area contributed by atoms with Gasteiger partial charge in [-0.1, -0.05) is 24.6 Å². The monoisotopic (exact) mass is 386 g/mol. The molecule has 0 saturated heterocycles. The second kappa shape index (κ2) is 5.93. The minimum Gasteiger partial charge on any atom is -0.300 e. The molecule has 1 unspecified atom stereocenters. The van der Waals surface area contributed by atoms with E-state index in [9.17, 15) is 18.0 Å². The minimum atomic E-state index is -4.45. The third-order valence-corrected chi connectivity index (χ3v) is 5.52. The molecule has 4 rings (SSSR count). The SMILES string of the molecule is Cc1cc2c3c(c1)C(C)CC(C)(C)N3C(=O)C2=Nc1cccc(C(F)(F)F)c1. The van der Waals surface area contributed by atoms with E-state index in [4.69, 9.17) is 0 Å². The summed E-state index contributed by atoms with van der Waals surface area (Å²) in [5, 5.41) is 0. The van der Waals surface area contributed by atoms with Crippen LogP contribution in [0, 0.1) is 6.92 Å². The number of carbonyl (C=O) groups is 1. The smallest absolute Gasteiger partial charge is 0.300 e. The number of amides is 1. The Labute approximate surface area is 161 Å². The molecule has 28 heavy (non-hydrogen) atoms. The van der Waals surface area contributed by atoms with E-state index in [2.05, 4.69) is 18.0 Å². The van der Waals surface area contributed by atoms with Gasteiger partial charge in [0, 0.05) is 11.1 Å². The molecule has 0 saturated carbocycles. The van der Waals surface area contributed by atoms with Crippen LogP contribution in [0.3, 0.4) is 0 Å². The van der Waals surface area contributed by atoms with E-state index in [0.29, 0.717) is 5.56 Å². The summed E-state index contributed by atoms with van der Waals surface area (Å²) in [6, 6.07) is 8.77. The number of aliphatic imine (C=N–C) groups is 1. The van der Waals surface area contributed by atoms with Crippen LogP contribution in [0.5, 0.6) is 0 Å². The van der Waals surface area contributed by atoms with Crippen molar-refractivity contribution in [2.24, 2.45) is 4.99 Å². The van der Waals surface area contributed by atoms with Crippen LogP contribution < -0.4 is 4.90 Å². The van der Waals surface area contributed by atoms with Gasteiger partial charge in [0.15, 0.2) is 0 Å². The van der Waals surface area contributed by atoms with Gasteiger partial charge in [0.25, 0.3) is 5.91 Å². The van der Waals surface area contributed by atoms with Crippen molar-refractivity contribution in [2.75, 3.05) is 4.90 Å². The number of anilines is 1. The Morgan fingerprint density at radius 3 is 2.57 bits per heavy atom. The Balaban J connectivity index is 1.92. The number of alkyl halides is 3. The number of benzene rings is 2. The highest BCUT2D eigenvalue weighted by atomic mass is 19.4. The summed E-state index contributed by atoms with van der Waals surface area (Å²) in [5.41, 5.74) is 2.82. The molecule has 0 bridgehead atoms. The Morgan fingerprint density at radius 2 is 1.89 bits per heavy atom. The molecule has 2 aliphatic heterocycles. The first-order valence-electron chi connectivity index (χ1n) is 9.24. The predicted octanol–water partition coefficient (Wildman–Crippen LogP) is 5.77. The van der Waals surface area contributed by atoms with E-state index in [1.807, 2.05) is 26.8 Å². The zero-order valence-corrected chi connectivity index (χ0v) is 16.2. The van der Waals surface area contributed by atoms with Crippen LogP contribution in [0.15, 0.2) is 41.4 Å². The van der Waals surface area contributed by atoms with E-state index in [-0.39, 0.29) is 23.2 Å². The fourth-order valence-electron chi connectivity index (χ4n) is 4.45. The lowest BCUT2D eigenvalue weighted by Gasteiger charge is -2.43. The average Bonchev–Trinajstić information content (AvgIpc) is 2.85. The van der Waals surface area contributed by atoms with Crippen molar-refractivity contribution in [3.8, 4) is 0 Å². The molecule has 6 heteroatoms. The van der Waals surface area contributed by atoms with Crippen molar-refractivity contribution in [3.05, 3.63) is 58.7 Å². The first-order chi connectivity index (χ1) is 13.0. The zero-order chi connectivity index (χ0) is 20.4. The topological polar surface area (TPSA) is 32.7 Å². The Morgan fingerprint density at radius 1 is 1.18 bits per heavy atom. The van der Waals surface area contributed by atoms with Gasteiger partial charge in [-0.25, -0.2) is 4.99 Å². The summed E-state index contributed by atoms with van der Waals surface area (Å²) in [7, 11) is 0. The lowest BCUT2D eigenvalue weighted by Crippen LogP contribution is -2.50. The van der Waals surface area contributed by atoms with Gasteiger partial charge in [0.1, 0.15) is 5.71 Å². The van der Waals surface area contributed by atoms with Gasteiger partial charge in [-0.3, -0.25) is 4.79 Å². The summed E-state index contributed by atoms with van der Waals surface area (Å²) in [4.78, 5) is 19.4. The van der Waals surface area contributed by atoms with Crippen molar-refractivity contribution in [3.63, 3.8) is 0 Å². The van der Waals surface area contributed by atoms with Crippen molar-refractivity contribution >= 4 is 23.0 Å². The van der Waals surface area contributed by atoms with Crippen LogP contribution >= 0.6 is 0 Å². The fourth-order valence-corrected chi connectivity index (χ4v) is 4.45. The minimum absolute atomic E-state index is 0.124. The van der Waals surface area contributed by atoms with Crippen molar-refractivity contribution in [1.29, 1.82) is 0 Å². The molecule has 2 heterocycles. The van der Waals surface area contributed by atoms with Gasteiger partial charge in [0.05, 0.1) is 16.9 Å². The molecular weight excluding hydrogens is 365 g/mol. The molecule has 0 radical (unpaired) electrons. The standard InChI is InChI=1S/C22H21F3N2O/c1-12-8-16-13(2)11-21(3,4)27-19(16)17(9-12)18(20(27)28)26-15-7-5-6-14(10-15)22(23,24)25/h5-10,13H,11H2,1-4H3. The summed E-state index contributed by atoms with van der Waals surface area (Å²) >= 11 is 0. The van der Waals surface area contributed by atoms with Gasteiger partial charge < -0.3 is 4.90 Å². The molecule has 0 fully saturated rings. The van der Waals surface area contributed by atoms with Gasteiger partial charge in [0.2, 0.25) is 0 Å². The average molecular weight is 386 g/mol. The van der Waals surface area contributed by atoms with Crippen LogP contribution in [0.4, 0.5) is 24.5 Å². The molecule has 2 aromatic carbocycles. The zero-order valence-electron chi connectivity index (χ0n) is 16.2. The lowest BCUT2D eigenvalue weighted by molar-refractivity contribution is -0.137. The molecule has 1 atom stereocenters. The highest BCUT2D eigenvalue weighted by molar-refractivity contribution is 6.55. The maximum Gasteiger partial charge on any atom is 0.416 e. The van der Waals surface area contributed by atoms with Gasteiger partial charge in [-0.2, -0.15) is 13.2 Å². The lowest BCUT2D eigenvalue weighted by atomic mass is 9.80. The van der Waals surface area contributed by atoms with E-state index in [1.54, 1.807) is 4.90 Å². The third-order valence-electron chi connectivity index (χ3n) is 5.52. The van der Waals surface area contributed by atoms with Gasteiger partial charge >= 0.3 is 6.18 Å². The number of hydrogen-bond acceptors (Lipinski definition) is 2. The molecule has 0 spiro atoms. The van der Waals surface area contributed by atoms with Crippen molar-refractivity contribution < 1.29 is 18.0 Å². The fraction of sp³-hybridized carbons (Fsp3) is 0.364. The molecule has 0 aromatic heterocycles. The summed E-state index contributed by atoms with van der Waals surface area (Å²) < 4.78 is 39.1. The number of rotatable bonds is 1. The number of carbonyl (C=O) groups excluding carboxylic acids is 1. The number of aryl methyl sites for hydroxylation is 1. The molecule has 2 aromatic rings. The van der Waals surface area contributed by atoms with Crippen LogP contribution in [-0.4, -0.2) is 17.2 Å². The first-order valence-corrected chi connectivity index (χ1v) is 9.24. The maximum absolute atomic E-state index is 13.3. The number of hydrogen-bond donors (Lipinski definition) is 0. The van der Waals surface area contributed by atoms with Gasteiger partial charge in [-0.15, -0.1) is 0 Å². The Kier molecular flexibility index (Phi) is 3.97. The first kappa shape index (κ1) is 18.7. The van der Waals surface area contributed by atoms with Crippen LogP contribution in [0.25, 0.3) is 0 Å². The summed E-state index contributed by atoms with van der Waals surface area (Å²) in [6.45, 7) is 8.13. The van der Waals surface area contributed by atoms with Crippen LogP contribution in [0.2, 0.25) is 0 Å². The highest BCUT2D eigenvalue weighted by Crippen LogP contribution is 2.49. The van der Waals surface area contributed by atoms with E-state index in [0.717, 1.165) is 35.4 Å². The quantitative estimate of drug-likeness (QED) is 0.613. The molecule has 0 aliphatic carbocycles. The van der Waals surface area contributed by atoms with E-state index in [1.165, 1.54) is 12.1 Å². The second-order valence-electron chi connectivity index (χ2n) is 8.32. The molecule has 0 N–H and O–H groups in total. The molecular formula is C22H21F3N2O. The molecule has 2 aliphatic rings. The highest BCUT2D eigenvalue weighted by Gasteiger charge is 2.48. The molecule has 1 amide bonds.